The van der Waals surface area contributed by atoms with Gasteiger partial charge in [0.2, 0.25) is 0 Å². The Bertz CT molecular complexity index is 1510. The number of hydrogen-bond acceptors (Lipinski definition) is 7. The molecule has 10 nitrogen and oxygen atoms in total. The normalized spacial score (nSPS) is 14.0. The fourth-order valence-corrected chi connectivity index (χ4v) is 4.58. The van der Waals surface area contributed by atoms with Gasteiger partial charge in [0.05, 0.1) is 25.3 Å². The second kappa shape index (κ2) is 12.2. The highest BCUT2D eigenvalue weighted by molar-refractivity contribution is 5.92. The van der Waals surface area contributed by atoms with Crippen molar-refractivity contribution in [1.29, 1.82) is 0 Å². The Balaban J connectivity index is 1.17. The van der Waals surface area contributed by atoms with Crippen LogP contribution in [-0.2, 0) is 11.3 Å². The van der Waals surface area contributed by atoms with Crippen LogP contribution >= 0.6 is 0 Å². The highest BCUT2D eigenvalue weighted by Crippen LogP contribution is 2.24. The van der Waals surface area contributed by atoms with Crippen LogP contribution in [0.5, 0.6) is 5.75 Å². The number of morpholine rings is 1. The summed E-state index contributed by atoms with van der Waals surface area (Å²) in [5, 5.41) is 8.28. The van der Waals surface area contributed by atoms with E-state index in [1.807, 2.05) is 13.1 Å². The lowest BCUT2D eigenvalue weighted by Gasteiger charge is -2.26. The van der Waals surface area contributed by atoms with Crippen molar-refractivity contribution in [1.82, 2.24) is 29.5 Å². The molecule has 5 rings (SSSR count). The van der Waals surface area contributed by atoms with Gasteiger partial charge in [0.15, 0.2) is 5.82 Å². The SMILES string of the molecule is Cc1cn(-c2ccc(=O)n(CCOc3ccnc(C(=O)NCCCN4CCOCC4)c3)n2)c2cc(F)ccc12. The summed E-state index contributed by atoms with van der Waals surface area (Å²) in [6.07, 6.45) is 4.22. The molecule has 4 aromatic rings. The quantitative estimate of drug-likeness (QED) is 0.312. The van der Waals surface area contributed by atoms with E-state index in [4.69, 9.17) is 9.47 Å². The summed E-state index contributed by atoms with van der Waals surface area (Å²) in [4.78, 5) is 31.4. The molecule has 0 saturated carbocycles. The Kier molecular flexibility index (Phi) is 8.28. The number of pyridine rings is 1. The van der Waals surface area contributed by atoms with Crippen LogP contribution in [0, 0.1) is 12.7 Å². The number of rotatable bonds is 10. The van der Waals surface area contributed by atoms with Crippen LogP contribution in [0.1, 0.15) is 22.5 Å². The maximum atomic E-state index is 13.9. The number of carbonyl (C=O) groups excluding carboxylic acids is 1. The fourth-order valence-electron chi connectivity index (χ4n) is 4.58. The summed E-state index contributed by atoms with van der Waals surface area (Å²) in [6.45, 7) is 7.09. The summed E-state index contributed by atoms with van der Waals surface area (Å²) in [6, 6.07) is 10.9. The van der Waals surface area contributed by atoms with Crippen molar-refractivity contribution in [3.05, 3.63) is 82.3 Å². The Morgan fingerprint density at radius 1 is 1.13 bits per heavy atom. The highest BCUT2D eigenvalue weighted by atomic mass is 19.1. The number of hydrogen-bond donors (Lipinski definition) is 1. The number of aromatic nitrogens is 4. The van der Waals surface area contributed by atoms with E-state index in [1.54, 1.807) is 28.8 Å². The molecule has 0 radical (unpaired) electrons. The third kappa shape index (κ3) is 6.50. The van der Waals surface area contributed by atoms with Crippen LogP contribution in [0.15, 0.2) is 59.7 Å². The van der Waals surface area contributed by atoms with E-state index in [9.17, 15) is 14.0 Å². The van der Waals surface area contributed by atoms with Crippen LogP contribution in [0.3, 0.4) is 0 Å². The first-order valence-corrected chi connectivity index (χ1v) is 13.0. The van der Waals surface area contributed by atoms with Crippen LogP contribution in [0.2, 0.25) is 0 Å². The number of amides is 1. The number of carbonyl (C=O) groups is 1. The molecule has 1 aromatic carbocycles. The van der Waals surface area contributed by atoms with Gasteiger partial charge in [-0.2, -0.15) is 5.10 Å². The second-order valence-electron chi connectivity index (χ2n) is 9.39. The molecule has 0 aliphatic carbocycles. The average Bonchev–Trinajstić information content (AvgIpc) is 3.28. The Morgan fingerprint density at radius 2 is 1.97 bits per heavy atom. The molecule has 1 fully saturated rings. The fraction of sp³-hybridized carbons (Fsp3) is 0.357. The summed E-state index contributed by atoms with van der Waals surface area (Å²) >= 11 is 0. The van der Waals surface area contributed by atoms with E-state index in [0.29, 0.717) is 23.6 Å². The molecular formula is C28H31FN6O4. The average molecular weight is 535 g/mol. The summed E-state index contributed by atoms with van der Waals surface area (Å²) in [7, 11) is 0. The van der Waals surface area contributed by atoms with Crippen LogP contribution in [0.4, 0.5) is 4.39 Å². The van der Waals surface area contributed by atoms with Crippen molar-refractivity contribution in [3.8, 4) is 11.6 Å². The van der Waals surface area contributed by atoms with Gasteiger partial charge in [-0.25, -0.2) is 9.07 Å². The largest absolute Gasteiger partial charge is 0.492 e. The van der Waals surface area contributed by atoms with Gasteiger partial charge in [0.25, 0.3) is 11.5 Å². The predicted octanol–water partition coefficient (Wildman–Crippen LogP) is 2.56. The van der Waals surface area contributed by atoms with Gasteiger partial charge in [-0.1, -0.05) is 0 Å². The summed E-state index contributed by atoms with van der Waals surface area (Å²) in [5.41, 5.74) is 1.62. The van der Waals surface area contributed by atoms with Gasteiger partial charge >= 0.3 is 0 Å². The molecule has 0 atom stereocenters. The molecule has 1 N–H and O–H groups in total. The van der Waals surface area contributed by atoms with Crippen molar-refractivity contribution in [2.75, 3.05) is 46.0 Å². The minimum absolute atomic E-state index is 0.154. The molecule has 39 heavy (non-hydrogen) atoms. The molecule has 3 aromatic heterocycles. The third-order valence-electron chi connectivity index (χ3n) is 6.64. The molecular weight excluding hydrogens is 503 g/mol. The third-order valence-corrected chi connectivity index (χ3v) is 6.64. The number of halogens is 1. The van der Waals surface area contributed by atoms with Crippen molar-refractivity contribution in [3.63, 3.8) is 0 Å². The molecule has 1 aliphatic heterocycles. The zero-order valence-corrected chi connectivity index (χ0v) is 21.8. The Labute approximate surface area is 225 Å². The van der Waals surface area contributed by atoms with E-state index >= 15 is 0 Å². The lowest BCUT2D eigenvalue weighted by molar-refractivity contribution is 0.0374. The van der Waals surface area contributed by atoms with E-state index in [-0.39, 0.29) is 36.1 Å². The molecule has 0 unspecified atom stereocenters. The van der Waals surface area contributed by atoms with Crippen LogP contribution in [-0.4, -0.2) is 76.1 Å². The Hall–Kier alpha value is -4.09. The van der Waals surface area contributed by atoms with E-state index in [1.165, 1.54) is 29.1 Å². The number of ether oxygens (including phenoxy) is 2. The number of nitrogens with zero attached hydrogens (tertiary/aromatic N) is 5. The molecule has 1 aliphatic rings. The number of nitrogens with one attached hydrogen (secondary N) is 1. The minimum atomic E-state index is -0.345. The van der Waals surface area contributed by atoms with Crippen molar-refractivity contribution in [2.45, 2.75) is 19.9 Å². The van der Waals surface area contributed by atoms with Gasteiger partial charge in [-0.15, -0.1) is 0 Å². The first kappa shape index (κ1) is 26.5. The van der Waals surface area contributed by atoms with Gasteiger partial charge in [0, 0.05) is 49.5 Å². The lowest BCUT2D eigenvalue weighted by atomic mass is 10.2. The van der Waals surface area contributed by atoms with E-state index < -0.39 is 0 Å². The number of aryl methyl sites for hydroxylation is 1. The summed E-state index contributed by atoms with van der Waals surface area (Å²) < 4.78 is 28.1. The highest BCUT2D eigenvalue weighted by Gasteiger charge is 2.13. The van der Waals surface area contributed by atoms with Crippen molar-refractivity contribution in [2.24, 2.45) is 0 Å². The molecule has 0 spiro atoms. The monoisotopic (exact) mass is 534 g/mol. The Morgan fingerprint density at radius 3 is 2.82 bits per heavy atom. The topological polar surface area (TPSA) is 104 Å². The maximum Gasteiger partial charge on any atom is 0.270 e. The second-order valence-corrected chi connectivity index (χ2v) is 9.39. The van der Waals surface area contributed by atoms with Gasteiger partial charge in [-0.05, 0) is 55.8 Å². The van der Waals surface area contributed by atoms with Gasteiger partial charge in [0.1, 0.15) is 23.9 Å². The standard InChI is InChI=1S/C28H31FN6O4/c1-20-19-34(25-17-21(29)3-4-23(20)25)26-5-6-27(36)35(32-26)13-16-39-22-7-9-30-24(18-22)28(37)31-8-2-10-33-11-14-38-15-12-33/h3-7,9,17-19H,2,8,10-16H2,1H3,(H,31,37). The smallest absolute Gasteiger partial charge is 0.270 e. The molecule has 0 bridgehead atoms. The molecule has 204 valence electrons. The molecule has 11 heteroatoms. The zero-order valence-electron chi connectivity index (χ0n) is 21.8. The molecule has 1 amide bonds. The lowest BCUT2D eigenvalue weighted by Crippen LogP contribution is -2.38. The first-order valence-electron chi connectivity index (χ1n) is 13.0. The number of benzene rings is 1. The van der Waals surface area contributed by atoms with E-state index in [0.717, 1.165) is 50.2 Å². The van der Waals surface area contributed by atoms with Crippen LogP contribution in [0.25, 0.3) is 16.7 Å². The zero-order chi connectivity index (χ0) is 27.2. The maximum absolute atomic E-state index is 13.9. The van der Waals surface area contributed by atoms with Gasteiger partial charge in [-0.3, -0.25) is 24.0 Å². The van der Waals surface area contributed by atoms with Crippen molar-refractivity contribution >= 4 is 16.8 Å². The molecule has 1 saturated heterocycles. The van der Waals surface area contributed by atoms with E-state index in [2.05, 4.69) is 20.3 Å². The number of fused-ring (bicyclic) bond motifs is 1. The molecule has 4 heterocycles. The van der Waals surface area contributed by atoms with Crippen molar-refractivity contribution < 1.29 is 18.7 Å². The predicted molar refractivity (Wildman–Crippen MR) is 144 cm³/mol. The summed E-state index contributed by atoms with van der Waals surface area (Å²) in [5.74, 6) is 0.352. The minimum Gasteiger partial charge on any atom is -0.492 e. The first-order chi connectivity index (χ1) is 19.0. The van der Waals surface area contributed by atoms with Gasteiger partial charge < -0.3 is 14.8 Å². The van der Waals surface area contributed by atoms with Crippen LogP contribution < -0.4 is 15.6 Å².